The number of aromatic nitrogens is 1. The zero-order chi connectivity index (χ0) is 17.9. The number of hydrogen-bond donors (Lipinski definition) is 0. The summed E-state index contributed by atoms with van der Waals surface area (Å²) in [6, 6.07) is 11.0. The zero-order valence-corrected chi connectivity index (χ0v) is 15.5. The molecule has 7 heteroatoms. The lowest BCUT2D eigenvalue weighted by molar-refractivity contribution is -0.133. The maximum Gasteiger partial charge on any atom is 0.317 e. The van der Waals surface area contributed by atoms with E-state index in [0.717, 1.165) is 28.5 Å². The second-order valence-corrected chi connectivity index (χ2v) is 7.72. The van der Waals surface area contributed by atoms with Crippen LogP contribution in [0.2, 0.25) is 0 Å². The van der Waals surface area contributed by atoms with Crippen molar-refractivity contribution >= 4 is 40.2 Å². The number of carbonyl (C=O) groups is 2. The number of ether oxygens (including phenoxy) is 1. The summed E-state index contributed by atoms with van der Waals surface area (Å²) in [5, 5.41) is 4.81. The molecule has 1 fully saturated rings. The highest BCUT2D eigenvalue weighted by Crippen LogP contribution is 2.28. The first-order chi connectivity index (χ1) is 12.7. The minimum atomic E-state index is -0.349. The molecule has 1 aliphatic heterocycles. The van der Waals surface area contributed by atoms with Gasteiger partial charge in [0, 0.05) is 24.0 Å². The van der Waals surface area contributed by atoms with Crippen molar-refractivity contribution in [2.24, 2.45) is 0 Å². The summed E-state index contributed by atoms with van der Waals surface area (Å²) < 4.78 is 5.39. The molecule has 1 saturated heterocycles. The molecule has 1 aliphatic rings. The van der Waals surface area contributed by atoms with Crippen molar-refractivity contribution in [3.63, 3.8) is 0 Å². The van der Waals surface area contributed by atoms with E-state index in [-0.39, 0.29) is 18.3 Å². The van der Waals surface area contributed by atoms with E-state index in [1.54, 1.807) is 28.4 Å². The number of amides is 1. The van der Waals surface area contributed by atoms with Gasteiger partial charge in [0.1, 0.15) is 10.8 Å². The number of carbonyl (C=O) groups excluding carboxylic acids is 2. The summed E-state index contributed by atoms with van der Waals surface area (Å²) in [6.45, 7) is 0.744. The van der Waals surface area contributed by atoms with E-state index in [1.165, 1.54) is 11.3 Å². The first-order valence-corrected chi connectivity index (χ1v) is 10.0. The minimum absolute atomic E-state index is 0.133. The molecule has 1 amide bonds. The van der Waals surface area contributed by atoms with Gasteiger partial charge in [-0.15, -0.1) is 22.7 Å². The average Bonchev–Trinajstić information content (AvgIpc) is 3.37. The van der Waals surface area contributed by atoms with Crippen LogP contribution in [0, 0.1) is 0 Å². The summed E-state index contributed by atoms with van der Waals surface area (Å²) in [6.07, 6.45) is 1.61. The monoisotopic (exact) mass is 384 g/mol. The molecular weight excluding hydrogens is 368 g/mol. The third-order valence-electron chi connectivity index (χ3n) is 4.06. The molecule has 2 aromatic heterocycles. The third-order valence-corrected chi connectivity index (χ3v) is 5.99. The van der Waals surface area contributed by atoms with E-state index >= 15 is 0 Å². The second kappa shape index (κ2) is 7.39. The molecule has 26 heavy (non-hydrogen) atoms. The van der Waals surface area contributed by atoms with Crippen LogP contribution in [0.25, 0.3) is 9.88 Å². The minimum Gasteiger partial charge on any atom is -0.426 e. The van der Waals surface area contributed by atoms with Gasteiger partial charge in [0.15, 0.2) is 0 Å². The lowest BCUT2D eigenvalue weighted by Crippen LogP contribution is -2.23. The molecule has 1 aromatic carbocycles. The molecule has 5 nitrogen and oxygen atoms in total. The lowest BCUT2D eigenvalue weighted by atomic mass is 10.2. The highest BCUT2D eigenvalue weighted by molar-refractivity contribution is 7.20. The van der Waals surface area contributed by atoms with Crippen LogP contribution in [0.15, 0.2) is 47.2 Å². The van der Waals surface area contributed by atoms with Crippen LogP contribution in [-0.4, -0.2) is 23.4 Å². The Labute approximate surface area is 158 Å². The first-order valence-electron chi connectivity index (χ1n) is 8.28. The number of rotatable bonds is 5. The number of benzene rings is 1. The van der Waals surface area contributed by atoms with E-state index in [9.17, 15) is 9.59 Å². The van der Waals surface area contributed by atoms with Crippen molar-refractivity contribution in [3.05, 3.63) is 52.9 Å². The van der Waals surface area contributed by atoms with Gasteiger partial charge in [-0.2, -0.15) is 0 Å². The normalized spacial score (nSPS) is 14.0. The zero-order valence-electron chi connectivity index (χ0n) is 13.9. The SMILES string of the molecule is O=C(Cc1csc(-c2cccs2)n1)Oc1ccc(N2CCCC2=O)cc1. The van der Waals surface area contributed by atoms with Gasteiger partial charge >= 0.3 is 5.97 Å². The van der Waals surface area contributed by atoms with Gasteiger partial charge in [-0.05, 0) is 42.1 Å². The van der Waals surface area contributed by atoms with Crippen molar-refractivity contribution in [2.75, 3.05) is 11.4 Å². The van der Waals surface area contributed by atoms with Crippen LogP contribution in [0.5, 0.6) is 5.75 Å². The highest BCUT2D eigenvalue weighted by atomic mass is 32.1. The fraction of sp³-hybridized carbons (Fsp3) is 0.211. The van der Waals surface area contributed by atoms with Crippen LogP contribution < -0.4 is 9.64 Å². The number of hydrogen-bond acceptors (Lipinski definition) is 6. The Hall–Kier alpha value is -2.51. The summed E-state index contributed by atoms with van der Waals surface area (Å²) >= 11 is 3.15. The van der Waals surface area contributed by atoms with Gasteiger partial charge in [-0.25, -0.2) is 4.98 Å². The summed E-state index contributed by atoms with van der Waals surface area (Å²) in [4.78, 5) is 31.3. The molecule has 0 atom stereocenters. The Balaban J connectivity index is 1.37. The van der Waals surface area contributed by atoms with Gasteiger partial charge in [0.25, 0.3) is 0 Å². The molecule has 3 heterocycles. The van der Waals surface area contributed by atoms with E-state index < -0.39 is 0 Å². The largest absolute Gasteiger partial charge is 0.426 e. The van der Waals surface area contributed by atoms with E-state index in [0.29, 0.717) is 17.9 Å². The number of thiophene rings is 1. The van der Waals surface area contributed by atoms with Crippen molar-refractivity contribution in [1.29, 1.82) is 0 Å². The fourth-order valence-electron chi connectivity index (χ4n) is 2.83. The first kappa shape index (κ1) is 16.9. The molecule has 0 unspecified atom stereocenters. The van der Waals surface area contributed by atoms with Crippen LogP contribution >= 0.6 is 22.7 Å². The molecule has 0 aliphatic carbocycles. The van der Waals surface area contributed by atoms with Crippen LogP contribution in [0.3, 0.4) is 0 Å². The summed E-state index contributed by atoms with van der Waals surface area (Å²) in [5.41, 5.74) is 1.55. The van der Waals surface area contributed by atoms with Crippen molar-refractivity contribution in [1.82, 2.24) is 4.98 Å². The van der Waals surface area contributed by atoms with Crippen molar-refractivity contribution in [2.45, 2.75) is 19.3 Å². The van der Waals surface area contributed by atoms with Gasteiger partial charge in [0.05, 0.1) is 17.0 Å². The van der Waals surface area contributed by atoms with Gasteiger partial charge in [-0.1, -0.05) is 6.07 Å². The topological polar surface area (TPSA) is 59.5 Å². The van der Waals surface area contributed by atoms with Crippen LogP contribution in [0.4, 0.5) is 5.69 Å². The quantitative estimate of drug-likeness (QED) is 0.490. The van der Waals surface area contributed by atoms with Gasteiger partial charge in [-0.3, -0.25) is 9.59 Å². The number of anilines is 1. The van der Waals surface area contributed by atoms with Crippen molar-refractivity contribution in [3.8, 4) is 15.6 Å². The van der Waals surface area contributed by atoms with Gasteiger partial charge < -0.3 is 9.64 Å². The molecule has 4 rings (SSSR count). The molecule has 3 aromatic rings. The van der Waals surface area contributed by atoms with Crippen molar-refractivity contribution < 1.29 is 14.3 Å². The maximum atomic E-state index is 12.2. The summed E-state index contributed by atoms with van der Waals surface area (Å²) in [5.74, 6) is 0.261. The number of nitrogens with zero attached hydrogens (tertiary/aromatic N) is 2. The molecule has 0 radical (unpaired) electrons. The molecular formula is C19H16N2O3S2. The maximum absolute atomic E-state index is 12.2. The number of thiazole rings is 1. The predicted octanol–water partition coefficient (Wildman–Crippen LogP) is 4.15. The predicted molar refractivity (Wildman–Crippen MR) is 103 cm³/mol. The highest BCUT2D eigenvalue weighted by Gasteiger charge is 2.21. The Bertz CT molecular complexity index is 917. The van der Waals surface area contributed by atoms with E-state index in [2.05, 4.69) is 4.98 Å². The molecule has 0 saturated carbocycles. The summed E-state index contributed by atoms with van der Waals surface area (Å²) in [7, 11) is 0. The van der Waals surface area contributed by atoms with Crippen LogP contribution in [0.1, 0.15) is 18.5 Å². The lowest BCUT2D eigenvalue weighted by Gasteiger charge is -2.15. The Morgan fingerprint density at radius 2 is 2.04 bits per heavy atom. The molecule has 0 N–H and O–H groups in total. The average molecular weight is 384 g/mol. The Morgan fingerprint density at radius 3 is 2.73 bits per heavy atom. The van der Waals surface area contributed by atoms with Crippen LogP contribution in [-0.2, 0) is 16.0 Å². The number of esters is 1. The third kappa shape index (κ3) is 3.68. The second-order valence-electron chi connectivity index (χ2n) is 5.91. The molecule has 0 spiro atoms. The van der Waals surface area contributed by atoms with E-state index in [4.69, 9.17) is 4.74 Å². The molecule has 0 bridgehead atoms. The fourth-order valence-corrected chi connectivity index (χ4v) is 4.47. The van der Waals surface area contributed by atoms with Gasteiger partial charge in [0.2, 0.25) is 5.91 Å². The molecule has 132 valence electrons. The smallest absolute Gasteiger partial charge is 0.317 e. The van der Waals surface area contributed by atoms with E-state index in [1.807, 2.05) is 35.0 Å². The Morgan fingerprint density at radius 1 is 1.19 bits per heavy atom. The standard InChI is InChI=1S/C19H16N2O3S2/c22-17-4-1-9-21(17)14-5-7-15(8-6-14)24-18(23)11-13-12-26-19(20-13)16-3-2-10-25-16/h2-3,5-8,10,12H,1,4,9,11H2. The Kier molecular flexibility index (Phi) is 4.81.